The maximum Gasteiger partial charge on any atom is 0.250 e. The molecule has 236 valence electrons. The lowest BCUT2D eigenvalue weighted by Gasteiger charge is -2.45. The molecule has 5 nitrogen and oxygen atoms in total. The van der Waals surface area contributed by atoms with E-state index in [1.165, 1.54) is 17.0 Å². The van der Waals surface area contributed by atoms with Crippen molar-refractivity contribution in [3.8, 4) is 0 Å². The summed E-state index contributed by atoms with van der Waals surface area (Å²) in [6, 6.07) is 19.1. The van der Waals surface area contributed by atoms with Crippen LogP contribution in [0.25, 0.3) is 10.9 Å². The summed E-state index contributed by atoms with van der Waals surface area (Å²) in [7, 11) is 0. The Morgan fingerprint density at radius 1 is 0.978 bits per heavy atom. The molecule has 0 radical (unpaired) electrons. The Kier molecular flexibility index (Phi) is 8.36. The largest absolute Gasteiger partial charge is 0.358 e. The SMILES string of the molecule is Cc1cc(C)c(NC(=O)C2(N(Cc3ccccc3F)C(=O)C[C@@H]3[C@H](c4c(C)[nH]c5ccccc45)C3(C)C)CCSCC2)c(C)c1. The van der Waals surface area contributed by atoms with Crippen LogP contribution in [0.15, 0.2) is 60.7 Å². The Balaban J connectivity index is 1.37. The van der Waals surface area contributed by atoms with E-state index in [-0.39, 0.29) is 41.4 Å². The van der Waals surface area contributed by atoms with Gasteiger partial charge in [0.15, 0.2) is 0 Å². The van der Waals surface area contributed by atoms with Crippen LogP contribution in [0.4, 0.5) is 10.1 Å². The maximum absolute atomic E-state index is 15.2. The Labute approximate surface area is 270 Å². The number of aromatic amines is 1. The number of fused-ring (bicyclic) bond motifs is 1. The number of carbonyl (C=O) groups is 2. The van der Waals surface area contributed by atoms with E-state index in [0.29, 0.717) is 24.8 Å². The van der Waals surface area contributed by atoms with E-state index in [0.717, 1.165) is 45.1 Å². The first kappa shape index (κ1) is 31.4. The van der Waals surface area contributed by atoms with Gasteiger partial charge in [0.1, 0.15) is 11.4 Å². The molecule has 7 heteroatoms. The van der Waals surface area contributed by atoms with E-state index >= 15 is 4.39 Å². The molecule has 1 aromatic heterocycles. The smallest absolute Gasteiger partial charge is 0.250 e. The van der Waals surface area contributed by atoms with Gasteiger partial charge in [-0.1, -0.05) is 67.9 Å². The molecule has 4 aromatic rings. The van der Waals surface area contributed by atoms with Gasteiger partial charge in [0.25, 0.3) is 0 Å². The number of nitrogens with one attached hydrogen (secondary N) is 2. The van der Waals surface area contributed by atoms with E-state index in [2.05, 4.69) is 61.4 Å². The van der Waals surface area contributed by atoms with Crippen LogP contribution in [0.1, 0.15) is 72.5 Å². The Hall–Kier alpha value is -3.58. The molecular weight excluding hydrogens is 582 g/mol. The molecule has 2 amide bonds. The van der Waals surface area contributed by atoms with Gasteiger partial charge in [0, 0.05) is 40.8 Å². The molecule has 1 saturated heterocycles. The van der Waals surface area contributed by atoms with Crippen LogP contribution < -0.4 is 5.32 Å². The summed E-state index contributed by atoms with van der Waals surface area (Å²) in [6.07, 6.45) is 1.34. The van der Waals surface area contributed by atoms with Gasteiger partial charge in [-0.3, -0.25) is 9.59 Å². The lowest BCUT2D eigenvalue weighted by atomic mass is 9.86. The van der Waals surface area contributed by atoms with Gasteiger partial charge in [-0.2, -0.15) is 11.8 Å². The molecular formula is C38H44FN3O2S. The van der Waals surface area contributed by atoms with E-state index in [9.17, 15) is 9.59 Å². The van der Waals surface area contributed by atoms with Crippen LogP contribution in [0.2, 0.25) is 0 Å². The molecule has 2 aliphatic rings. The zero-order chi connectivity index (χ0) is 32.1. The molecule has 1 aliphatic carbocycles. The van der Waals surface area contributed by atoms with Crippen molar-refractivity contribution in [1.82, 2.24) is 9.88 Å². The third kappa shape index (κ3) is 5.69. The van der Waals surface area contributed by atoms with Crippen molar-refractivity contribution in [3.63, 3.8) is 0 Å². The number of para-hydroxylation sites is 1. The molecule has 45 heavy (non-hydrogen) atoms. The number of benzene rings is 3. The van der Waals surface area contributed by atoms with Crippen molar-refractivity contribution in [2.45, 2.75) is 78.8 Å². The first-order valence-corrected chi connectivity index (χ1v) is 17.2. The third-order valence-electron chi connectivity index (χ3n) is 10.5. The summed E-state index contributed by atoms with van der Waals surface area (Å²) in [5.74, 6) is 1.19. The highest BCUT2D eigenvalue weighted by Gasteiger charge is 2.60. The lowest BCUT2D eigenvalue weighted by molar-refractivity contribution is -0.147. The summed E-state index contributed by atoms with van der Waals surface area (Å²) < 4.78 is 15.2. The predicted octanol–water partition coefficient (Wildman–Crippen LogP) is 8.60. The molecule has 0 spiro atoms. The second-order valence-corrected chi connectivity index (χ2v) is 15.0. The molecule has 1 saturated carbocycles. The van der Waals surface area contributed by atoms with Crippen molar-refractivity contribution in [3.05, 3.63) is 100.0 Å². The average molecular weight is 626 g/mol. The second-order valence-electron chi connectivity index (χ2n) is 13.8. The van der Waals surface area contributed by atoms with E-state index in [1.54, 1.807) is 34.9 Å². The van der Waals surface area contributed by atoms with Crippen LogP contribution >= 0.6 is 11.8 Å². The van der Waals surface area contributed by atoms with Crippen molar-refractivity contribution >= 4 is 40.2 Å². The van der Waals surface area contributed by atoms with E-state index in [1.807, 2.05) is 26.8 Å². The van der Waals surface area contributed by atoms with Gasteiger partial charge < -0.3 is 15.2 Å². The standard InChI is InChI=1S/C38H44FN3O2S/c1-23-19-24(2)35(25(3)20-23)41-36(44)38(15-17-45-18-16-38)42(22-27-11-7-9-13-30(27)39)32(43)21-29-34(37(29,5)6)33-26(4)40-31-14-10-8-12-28(31)33/h7-14,19-20,29,34,40H,15-18,21-22H2,1-6H3,(H,41,44)/t29-,34-/m1/s1. The number of aryl methyl sites for hydroxylation is 4. The third-order valence-corrected chi connectivity index (χ3v) is 11.4. The maximum atomic E-state index is 15.2. The highest BCUT2D eigenvalue weighted by molar-refractivity contribution is 7.99. The van der Waals surface area contributed by atoms with Crippen LogP contribution in [-0.2, 0) is 16.1 Å². The van der Waals surface area contributed by atoms with Gasteiger partial charge in [-0.25, -0.2) is 4.39 Å². The fraction of sp³-hybridized carbons (Fsp3) is 0.421. The monoisotopic (exact) mass is 625 g/mol. The second kappa shape index (κ2) is 12.0. The molecule has 3 aromatic carbocycles. The fourth-order valence-corrected chi connectivity index (χ4v) is 9.07. The van der Waals surface area contributed by atoms with Crippen LogP contribution in [0.5, 0.6) is 0 Å². The molecule has 2 heterocycles. The normalized spacial score (nSPS) is 20.2. The van der Waals surface area contributed by atoms with Crippen molar-refractivity contribution in [2.75, 3.05) is 16.8 Å². The number of hydrogen-bond acceptors (Lipinski definition) is 3. The molecule has 0 unspecified atom stereocenters. The van der Waals surface area contributed by atoms with E-state index in [4.69, 9.17) is 0 Å². The average Bonchev–Trinajstić information content (AvgIpc) is 3.35. The minimum Gasteiger partial charge on any atom is -0.358 e. The highest BCUT2D eigenvalue weighted by Crippen LogP contribution is 2.67. The Morgan fingerprint density at radius 2 is 1.62 bits per heavy atom. The zero-order valence-corrected chi connectivity index (χ0v) is 28.0. The summed E-state index contributed by atoms with van der Waals surface area (Å²) >= 11 is 1.80. The number of nitrogens with zero attached hydrogens (tertiary/aromatic N) is 1. The van der Waals surface area contributed by atoms with Gasteiger partial charge in [-0.15, -0.1) is 0 Å². The number of carbonyl (C=O) groups excluding carboxylic acids is 2. The topological polar surface area (TPSA) is 65.2 Å². The summed E-state index contributed by atoms with van der Waals surface area (Å²) in [5, 5.41) is 4.46. The summed E-state index contributed by atoms with van der Waals surface area (Å²) in [4.78, 5) is 34.5. The van der Waals surface area contributed by atoms with Crippen molar-refractivity contribution in [2.24, 2.45) is 11.3 Å². The van der Waals surface area contributed by atoms with Gasteiger partial charge in [0.2, 0.25) is 11.8 Å². The number of hydrogen-bond donors (Lipinski definition) is 2. The van der Waals surface area contributed by atoms with Crippen molar-refractivity contribution in [1.29, 1.82) is 0 Å². The number of halogens is 1. The number of H-pyrrole nitrogens is 1. The molecule has 2 N–H and O–H groups in total. The number of thioether (sulfide) groups is 1. The van der Waals surface area contributed by atoms with Gasteiger partial charge in [0.05, 0.1) is 0 Å². The number of amides is 2. The highest BCUT2D eigenvalue weighted by atomic mass is 32.2. The van der Waals surface area contributed by atoms with Gasteiger partial charge in [-0.05, 0) is 98.1 Å². The van der Waals surface area contributed by atoms with Crippen LogP contribution in [0.3, 0.4) is 0 Å². The number of aromatic nitrogens is 1. The van der Waals surface area contributed by atoms with Crippen LogP contribution in [0, 0.1) is 44.8 Å². The Morgan fingerprint density at radius 3 is 2.31 bits per heavy atom. The number of anilines is 1. The molecule has 2 fully saturated rings. The fourth-order valence-electron chi connectivity index (χ4n) is 7.91. The van der Waals surface area contributed by atoms with Crippen molar-refractivity contribution < 1.29 is 14.0 Å². The minimum absolute atomic E-state index is 0.0549. The van der Waals surface area contributed by atoms with Crippen LogP contribution in [-0.4, -0.2) is 38.7 Å². The molecule has 0 bridgehead atoms. The summed E-state index contributed by atoms with van der Waals surface area (Å²) in [5.41, 5.74) is 6.68. The zero-order valence-electron chi connectivity index (χ0n) is 27.2. The molecule has 2 atom stereocenters. The Bertz CT molecular complexity index is 1750. The quantitative estimate of drug-likeness (QED) is 0.206. The number of rotatable bonds is 8. The first-order valence-electron chi connectivity index (χ1n) is 16.0. The predicted molar refractivity (Wildman–Crippen MR) is 183 cm³/mol. The lowest BCUT2D eigenvalue weighted by Crippen LogP contribution is -2.60. The van der Waals surface area contributed by atoms with Gasteiger partial charge >= 0.3 is 0 Å². The first-order chi connectivity index (χ1) is 21.4. The minimum atomic E-state index is -1.08. The molecule has 6 rings (SSSR count). The van der Waals surface area contributed by atoms with E-state index < -0.39 is 5.54 Å². The molecule has 1 aliphatic heterocycles. The summed E-state index contributed by atoms with van der Waals surface area (Å²) in [6.45, 7) is 12.7.